The van der Waals surface area contributed by atoms with Gasteiger partial charge in [0.1, 0.15) is 0 Å². The standard InChI is InChI=1S/C12H8AsN3O2/c1-18-8-4-2-3-7(5-8)10-9(6-14)11(17)16-12(13)15-10/h2-5H,1H3,(H,15,16,17). The summed E-state index contributed by atoms with van der Waals surface area (Å²) in [5.41, 5.74) is 0.582. The third kappa shape index (κ3) is 2.29. The van der Waals surface area contributed by atoms with Gasteiger partial charge in [-0.2, -0.15) is 0 Å². The van der Waals surface area contributed by atoms with E-state index in [1.54, 1.807) is 31.4 Å². The van der Waals surface area contributed by atoms with E-state index in [2.05, 4.69) is 26.8 Å². The maximum atomic E-state index is 11.7. The van der Waals surface area contributed by atoms with Crippen LogP contribution in [0.25, 0.3) is 11.3 Å². The van der Waals surface area contributed by atoms with Gasteiger partial charge in [0, 0.05) is 0 Å². The number of H-pyrrole nitrogens is 1. The number of nitrogens with one attached hydrogen (secondary N) is 1. The second-order valence-electron chi connectivity index (χ2n) is 3.46. The molecule has 0 aliphatic heterocycles. The van der Waals surface area contributed by atoms with Crippen LogP contribution in [0.3, 0.4) is 0 Å². The van der Waals surface area contributed by atoms with Crippen molar-refractivity contribution in [1.82, 2.24) is 9.97 Å². The van der Waals surface area contributed by atoms with Crippen molar-refractivity contribution in [2.75, 3.05) is 7.11 Å². The average molecular weight is 301 g/mol. The molecule has 88 valence electrons. The predicted octanol–water partition coefficient (Wildman–Crippen LogP) is 0.111. The third-order valence-electron chi connectivity index (χ3n) is 2.36. The van der Waals surface area contributed by atoms with Crippen LogP contribution in [0.2, 0.25) is 0 Å². The Bertz CT molecular complexity index is 688. The van der Waals surface area contributed by atoms with Crippen LogP contribution in [0.1, 0.15) is 5.56 Å². The monoisotopic (exact) mass is 301 g/mol. The van der Waals surface area contributed by atoms with Crippen molar-refractivity contribution in [3.8, 4) is 23.1 Å². The Morgan fingerprint density at radius 3 is 2.94 bits per heavy atom. The molecule has 0 amide bonds. The number of ether oxygens (including phenoxy) is 1. The molecule has 0 bridgehead atoms. The molecule has 1 heterocycles. The van der Waals surface area contributed by atoms with Gasteiger partial charge >= 0.3 is 112 Å². The van der Waals surface area contributed by atoms with E-state index in [9.17, 15) is 4.79 Å². The molecule has 0 atom stereocenters. The summed E-state index contributed by atoms with van der Waals surface area (Å²) >= 11 is 2.15. The molecule has 0 fully saturated rings. The van der Waals surface area contributed by atoms with E-state index in [4.69, 9.17) is 10.00 Å². The molecule has 0 aliphatic rings. The molecule has 0 saturated heterocycles. The van der Waals surface area contributed by atoms with E-state index in [0.29, 0.717) is 21.6 Å². The van der Waals surface area contributed by atoms with Crippen LogP contribution in [0.5, 0.6) is 5.75 Å². The number of aromatic nitrogens is 2. The molecule has 1 aromatic carbocycles. The minimum atomic E-state index is -0.444. The minimum absolute atomic E-state index is 0.00180. The molecule has 1 N–H and O–H groups in total. The Morgan fingerprint density at radius 2 is 2.28 bits per heavy atom. The van der Waals surface area contributed by atoms with Crippen LogP contribution in [0.4, 0.5) is 0 Å². The Labute approximate surface area is 112 Å². The van der Waals surface area contributed by atoms with Gasteiger partial charge in [-0.25, -0.2) is 0 Å². The maximum absolute atomic E-state index is 11.7. The van der Waals surface area contributed by atoms with Gasteiger partial charge in [-0.05, 0) is 0 Å². The molecule has 0 saturated carbocycles. The molecule has 2 aromatic rings. The first kappa shape index (κ1) is 12.4. The van der Waals surface area contributed by atoms with E-state index < -0.39 is 5.56 Å². The van der Waals surface area contributed by atoms with Gasteiger partial charge < -0.3 is 0 Å². The SMILES string of the molecule is COc1cccc(-c2nc([As])[nH]c(=O)c2C#N)c1. The number of benzene rings is 1. The Kier molecular flexibility index (Phi) is 3.50. The van der Waals surface area contributed by atoms with Crippen LogP contribution in [-0.2, 0) is 0 Å². The van der Waals surface area contributed by atoms with Crippen molar-refractivity contribution >= 4 is 21.5 Å². The summed E-state index contributed by atoms with van der Waals surface area (Å²) in [4.78, 5) is 18.3. The molecule has 0 unspecified atom stereocenters. The van der Waals surface area contributed by atoms with Crippen LogP contribution < -0.4 is 14.9 Å². The van der Waals surface area contributed by atoms with Crippen molar-refractivity contribution in [1.29, 1.82) is 5.26 Å². The molecule has 6 heteroatoms. The van der Waals surface area contributed by atoms with Crippen molar-refractivity contribution < 1.29 is 4.74 Å². The van der Waals surface area contributed by atoms with Crippen molar-refractivity contribution in [2.24, 2.45) is 0 Å². The van der Waals surface area contributed by atoms with Gasteiger partial charge in [-0.3, -0.25) is 0 Å². The fraction of sp³-hybridized carbons (Fsp3) is 0.0833. The van der Waals surface area contributed by atoms with Crippen LogP contribution in [-0.4, -0.2) is 33.9 Å². The number of hydrogen-bond acceptors (Lipinski definition) is 4. The fourth-order valence-electron chi connectivity index (χ4n) is 1.54. The molecule has 1 aromatic heterocycles. The first-order valence-electron chi connectivity index (χ1n) is 5.03. The van der Waals surface area contributed by atoms with Gasteiger partial charge in [0.2, 0.25) is 0 Å². The summed E-state index contributed by atoms with van der Waals surface area (Å²) < 4.78 is 5.52. The Hall–Kier alpha value is -2.05. The predicted molar refractivity (Wildman–Crippen MR) is 66.9 cm³/mol. The normalized spacial score (nSPS) is 9.83. The molecular weight excluding hydrogens is 293 g/mol. The molecule has 2 rings (SSSR count). The summed E-state index contributed by atoms with van der Waals surface area (Å²) in [7, 11) is 1.55. The van der Waals surface area contributed by atoms with Crippen LogP contribution in [0.15, 0.2) is 29.1 Å². The summed E-state index contributed by atoms with van der Waals surface area (Å²) in [6, 6.07) is 8.94. The van der Waals surface area contributed by atoms with Crippen LogP contribution >= 0.6 is 0 Å². The third-order valence-corrected chi connectivity index (χ3v) is 2.81. The molecule has 0 spiro atoms. The summed E-state index contributed by atoms with van der Waals surface area (Å²) in [6.07, 6.45) is 0. The molecule has 0 aliphatic carbocycles. The zero-order valence-electron chi connectivity index (χ0n) is 9.47. The second-order valence-corrected chi connectivity index (χ2v) is 4.35. The number of aromatic amines is 1. The van der Waals surface area contributed by atoms with Gasteiger partial charge in [-0.1, -0.05) is 0 Å². The Balaban J connectivity index is 2.70. The number of nitrogens with zero attached hydrogens (tertiary/aromatic N) is 2. The fourth-order valence-corrected chi connectivity index (χ4v) is 1.97. The second kappa shape index (κ2) is 5.07. The topological polar surface area (TPSA) is 78.8 Å². The van der Waals surface area contributed by atoms with E-state index >= 15 is 0 Å². The number of rotatable bonds is 2. The zero-order valence-corrected chi connectivity index (χ0v) is 11.3. The van der Waals surface area contributed by atoms with Gasteiger partial charge in [0.05, 0.1) is 0 Å². The molecule has 18 heavy (non-hydrogen) atoms. The summed E-state index contributed by atoms with van der Waals surface area (Å²) in [5, 5.41) is 9.03. The average Bonchev–Trinajstić information content (AvgIpc) is 2.38. The van der Waals surface area contributed by atoms with E-state index in [1.807, 2.05) is 6.07 Å². The number of methoxy groups -OCH3 is 1. The quantitative estimate of drug-likeness (QED) is 0.799. The van der Waals surface area contributed by atoms with E-state index in [0.717, 1.165) is 0 Å². The summed E-state index contributed by atoms with van der Waals surface area (Å²) in [6.45, 7) is 0. The first-order valence-corrected chi connectivity index (χ1v) is 5.97. The van der Waals surface area contributed by atoms with Gasteiger partial charge in [0.25, 0.3) is 0 Å². The van der Waals surface area contributed by atoms with Crippen molar-refractivity contribution in [3.63, 3.8) is 0 Å². The number of nitriles is 1. The van der Waals surface area contributed by atoms with Crippen LogP contribution in [0, 0.1) is 11.3 Å². The molecular formula is C12H8AsN3O2. The van der Waals surface area contributed by atoms with Crippen molar-refractivity contribution in [3.05, 3.63) is 40.2 Å². The van der Waals surface area contributed by atoms with E-state index in [1.165, 1.54) is 0 Å². The van der Waals surface area contributed by atoms with Gasteiger partial charge in [0.15, 0.2) is 0 Å². The zero-order chi connectivity index (χ0) is 13.1. The first-order chi connectivity index (χ1) is 8.65. The number of hydrogen-bond donors (Lipinski definition) is 1. The van der Waals surface area contributed by atoms with Gasteiger partial charge in [-0.15, -0.1) is 0 Å². The molecule has 5 nitrogen and oxygen atoms in total. The summed E-state index contributed by atoms with van der Waals surface area (Å²) in [5.74, 6) is 0.644. The van der Waals surface area contributed by atoms with E-state index in [-0.39, 0.29) is 5.56 Å². The van der Waals surface area contributed by atoms with Crippen molar-refractivity contribution in [2.45, 2.75) is 0 Å². The molecule has 2 radical (unpaired) electrons. The Morgan fingerprint density at radius 1 is 1.50 bits per heavy atom.